The Morgan fingerprint density at radius 1 is 1.32 bits per heavy atom. The molecule has 0 fully saturated rings. The molecular formula is C13H18BrN5. The topological polar surface area (TPSA) is 55.6 Å². The molecule has 0 saturated carbocycles. The van der Waals surface area contributed by atoms with Gasteiger partial charge in [-0.25, -0.2) is 14.6 Å². The van der Waals surface area contributed by atoms with Crippen LogP contribution in [0, 0.1) is 6.92 Å². The number of halogens is 1. The van der Waals surface area contributed by atoms with Crippen LogP contribution in [0.4, 0.5) is 5.82 Å². The van der Waals surface area contributed by atoms with Crippen molar-refractivity contribution in [3.63, 3.8) is 0 Å². The van der Waals surface area contributed by atoms with Crippen LogP contribution in [0.15, 0.2) is 16.9 Å². The third-order valence-corrected chi connectivity index (χ3v) is 3.16. The fourth-order valence-corrected chi connectivity index (χ4v) is 2.15. The van der Waals surface area contributed by atoms with E-state index in [1.54, 1.807) is 10.9 Å². The van der Waals surface area contributed by atoms with Crippen LogP contribution in [-0.4, -0.2) is 26.3 Å². The molecule has 2 aromatic rings. The average Bonchev–Trinajstić information content (AvgIpc) is 2.80. The lowest BCUT2D eigenvalue weighted by Gasteiger charge is -2.12. The lowest BCUT2D eigenvalue weighted by molar-refractivity contribution is 0.777. The molecule has 0 atom stereocenters. The number of anilines is 1. The molecule has 2 aromatic heterocycles. The van der Waals surface area contributed by atoms with Gasteiger partial charge in [0.05, 0.1) is 10.7 Å². The Bertz CT molecular complexity index is 564. The third-order valence-electron chi connectivity index (χ3n) is 2.75. The number of hydrogen-bond acceptors (Lipinski definition) is 4. The van der Waals surface area contributed by atoms with Crippen molar-refractivity contribution >= 4 is 21.7 Å². The molecule has 5 nitrogen and oxygen atoms in total. The van der Waals surface area contributed by atoms with Crippen LogP contribution in [0.5, 0.6) is 0 Å². The Balaban J connectivity index is 2.51. The van der Waals surface area contributed by atoms with Gasteiger partial charge in [0.2, 0.25) is 0 Å². The second-order valence-electron chi connectivity index (χ2n) is 4.32. The predicted molar refractivity (Wildman–Crippen MR) is 79.7 cm³/mol. The van der Waals surface area contributed by atoms with E-state index in [4.69, 9.17) is 0 Å². The molecule has 0 aliphatic rings. The number of nitrogens with zero attached hydrogens (tertiary/aromatic N) is 4. The van der Waals surface area contributed by atoms with Crippen LogP contribution < -0.4 is 5.32 Å². The Labute approximate surface area is 121 Å². The highest BCUT2D eigenvalue weighted by Gasteiger charge is 2.12. The molecule has 0 amide bonds. The summed E-state index contributed by atoms with van der Waals surface area (Å²) in [5.74, 6) is 2.58. The highest BCUT2D eigenvalue weighted by molar-refractivity contribution is 9.10. The molecule has 0 aliphatic heterocycles. The van der Waals surface area contributed by atoms with Gasteiger partial charge in [-0.15, -0.1) is 0 Å². The largest absolute Gasteiger partial charge is 0.370 e. The van der Waals surface area contributed by atoms with Gasteiger partial charge in [-0.1, -0.05) is 6.92 Å². The van der Waals surface area contributed by atoms with E-state index in [2.05, 4.69) is 50.2 Å². The van der Waals surface area contributed by atoms with Gasteiger partial charge in [0.25, 0.3) is 0 Å². The molecule has 0 aliphatic carbocycles. The highest BCUT2D eigenvalue weighted by atomic mass is 79.9. The van der Waals surface area contributed by atoms with E-state index in [1.165, 1.54) is 0 Å². The molecule has 0 aromatic carbocycles. The molecule has 2 heterocycles. The summed E-state index contributed by atoms with van der Waals surface area (Å²) in [6, 6.07) is 0. The monoisotopic (exact) mass is 323 g/mol. The van der Waals surface area contributed by atoms with Crippen molar-refractivity contribution in [1.29, 1.82) is 0 Å². The highest BCUT2D eigenvalue weighted by Crippen LogP contribution is 2.20. The van der Waals surface area contributed by atoms with Gasteiger partial charge in [-0.3, -0.25) is 0 Å². The van der Waals surface area contributed by atoms with E-state index in [-0.39, 0.29) is 0 Å². The molecule has 6 heteroatoms. The summed E-state index contributed by atoms with van der Waals surface area (Å²) in [5, 5.41) is 7.59. The Hall–Kier alpha value is -1.43. The van der Waals surface area contributed by atoms with E-state index in [0.29, 0.717) is 0 Å². The van der Waals surface area contributed by atoms with Crippen molar-refractivity contribution < 1.29 is 0 Å². The van der Waals surface area contributed by atoms with Crippen molar-refractivity contribution in [2.24, 2.45) is 0 Å². The lowest BCUT2D eigenvalue weighted by atomic mass is 10.2. The quantitative estimate of drug-likeness (QED) is 0.918. The van der Waals surface area contributed by atoms with Crippen LogP contribution in [0.2, 0.25) is 0 Å². The van der Waals surface area contributed by atoms with Gasteiger partial charge in [0.15, 0.2) is 5.82 Å². The summed E-state index contributed by atoms with van der Waals surface area (Å²) < 4.78 is 2.72. The van der Waals surface area contributed by atoms with Gasteiger partial charge >= 0.3 is 0 Å². The van der Waals surface area contributed by atoms with Crippen molar-refractivity contribution in [3.8, 4) is 5.82 Å². The van der Waals surface area contributed by atoms with E-state index >= 15 is 0 Å². The van der Waals surface area contributed by atoms with Crippen molar-refractivity contribution in [1.82, 2.24) is 19.7 Å². The molecule has 2 rings (SSSR count). The van der Waals surface area contributed by atoms with E-state index < -0.39 is 0 Å². The fraction of sp³-hybridized carbons (Fsp3) is 0.462. The first-order valence-corrected chi connectivity index (χ1v) is 7.27. The molecule has 0 saturated heterocycles. The van der Waals surface area contributed by atoms with Crippen molar-refractivity contribution in [3.05, 3.63) is 28.3 Å². The van der Waals surface area contributed by atoms with Gasteiger partial charge in [-0.2, -0.15) is 5.10 Å². The minimum Gasteiger partial charge on any atom is -0.370 e. The summed E-state index contributed by atoms with van der Waals surface area (Å²) in [5.41, 5.74) is 1.01. The number of hydrogen-bond donors (Lipinski definition) is 1. The number of aryl methyl sites for hydroxylation is 1. The van der Waals surface area contributed by atoms with Crippen LogP contribution in [0.1, 0.15) is 31.7 Å². The Morgan fingerprint density at radius 2 is 2.11 bits per heavy atom. The Kier molecular flexibility index (Phi) is 4.52. The zero-order valence-corrected chi connectivity index (χ0v) is 13.0. The molecule has 19 heavy (non-hydrogen) atoms. The van der Waals surface area contributed by atoms with E-state index in [0.717, 1.165) is 46.9 Å². The Morgan fingerprint density at radius 3 is 2.68 bits per heavy atom. The first-order valence-electron chi connectivity index (χ1n) is 6.47. The zero-order valence-electron chi connectivity index (χ0n) is 11.4. The third kappa shape index (κ3) is 3.12. The fourth-order valence-electron chi connectivity index (χ4n) is 1.86. The van der Waals surface area contributed by atoms with Gasteiger partial charge in [0.1, 0.15) is 11.6 Å². The molecule has 1 N–H and O–H groups in total. The summed E-state index contributed by atoms with van der Waals surface area (Å²) >= 11 is 3.41. The van der Waals surface area contributed by atoms with E-state index in [1.807, 2.05) is 13.1 Å². The number of aromatic nitrogens is 4. The predicted octanol–water partition coefficient (Wildman–Crippen LogP) is 3.12. The standard InChI is InChI=1S/C13H18BrN5/c1-4-6-11-17-12(15-5-2)9(3)13(18-11)19-8-10(14)7-16-19/h7-8H,4-6H2,1-3H3,(H,15,17,18). The molecule has 0 unspecified atom stereocenters. The average molecular weight is 324 g/mol. The first kappa shape index (κ1) is 14.0. The maximum atomic E-state index is 4.62. The minimum atomic E-state index is 0.833. The second kappa shape index (κ2) is 6.14. The second-order valence-corrected chi connectivity index (χ2v) is 5.24. The van der Waals surface area contributed by atoms with Crippen LogP contribution in [0.25, 0.3) is 5.82 Å². The molecule has 0 bridgehead atoms. The van der Waals surface area contributed by atoms with Gasteiger partial charge < -0.3 is 5.32 Å². The summed E-state index contributed by atoms with van der Waals surface area (Å²) in [6.45, 7) is 7.04. The maximum absolute atomic E-state index is 4.62. The SMILES string of the molecule is CCCc1nc(NCC)c(C)c(-n2cc(Br)cn2)n1. The molecule has 0 spiro atoms. The summed E-state index contributed by atoms with van der Waals surface area (Å²) in [7, 11) is 0. The van der Waals surface area contributed by atoms with Crippen LogP contribution in [0.3, 0.4) is 0 Å². The van der Waals surface area contributed by atoms with Crippen LogP contribution in [-0.2, 0) is 6.42 Å². The normalized spacial score (nSPS) is 10.7. The van der Waals surface area contributed by atoms with Crippen molar-refractivity contribution in [2.45, 2.75) is 33.6 Å². The summed E-state index contributed by atoms with van der Waals surface area (Å²) in [4.78, 5) is 9.19. The van der Waals surface area contributed by atoms with Gasteiger partial charge in [-0.05, 0) is 36.2 Å². The maximum Gasteiger partial charge on any atom is 0.162 e. The molecule has 102 valence electrons. The lowest BCUT2D eigenvalue weighted by Crippen LogP contribution is -2.11. The molecule has 0 radical (unpaired) electrons. The first-order chi connectivity index (χ1) is 9.15. The minimum absolute atomic E-state index is 0.833. The van der Waals surface area contributed by atoms with Gasteiger partial charge in [0, 0.05) is 24.7 Å². The zero-order chi connectivity index (χ0) is 13.8. The number of rotatable bonds is 5. The van der Waals surface area contributed by atoms with Crippen molar-refractivity contribution in [2.75, 3.05) is 11.9 Å². The van der Waals surface area contributed by atoms with Crippen LogP contribution >= 0.6 is 15.9 Å². The summed E-state index contributed by atoms with van der Waals surface area (Å²) in [6.07, 6.45) is 5.56. The molecular weight excluding hydrogens is 306 g/mol. The van der Waals surface area contributed by atoms with E-state index in [9.17, 15) is 0 Å². The number of nitrogens with one attached hydrogen (secondary N) is 1. The smallest absolute Gasteiger partial charge is 0.162 e.